The Morgan fingerprint density at radius 2 is 1.70 bits per heavy atom. The van der Waals surface area contributed by atoms with Crippen LogP contribution >= 0.6 is 0 Å². The summed E-state index contributed by atoms with van der Waals surface area (Å²) >= 11 is 0. The van der Waals surface area contributed by atoms with Crippen molar-refractivity contribution in [2.45, 2.75) is 53.5 Å². The van der Waals surface area contributed by atoms with E-state index in [0.29, 0.717) is 37.6 Å². The van der Waals surface area contributed by atoms with Crippen LogP contribution in [0.2, 0.25) is 0 Å². The summed E-state index contributed by atoms with van der Waals surface area (Å²) in [5, 5.41) is 11.4. The van der Waals surface area contributed by atoms with Gasteiger partial charge in [0, 0.05) is 18.7 Å². The first-order valence-corrected chi connectivity index (χ1v) is 13.3. The number of Topliss-reactive ketones (excluding diaryl/α,β-unsaturated/α-hetero) is 1. The molecule has 0 saturated carbocycles. The van der Waals surface area contributed by atoms with Crippen molar-refractivity contribution in [2.24, 2.45) is 0 Å². The van der Waals surface area contributed by atoms with Gasteiger partial charge in [-0.1, -0.05) is 39.3 Å². The molecule has 37 heavy (non-hydrogen) atoms. The zero-order valence-electron chi connectivity index (χ0n) is 22.8. The molecule has 7 nitrogen and oxygen atoms in total. The topological polar surface area (TPSA) is 79.3 Å². The number of carbonyl (C=O) groups is 2. The van der Waals surface area contributed by atoms with Crippen LogP contribution in [0.25, 0.3) is 5.76 Å². The number of hydrogen-bond acceptors (Lipinski definition) is 6. The van der Waals surface area contributed by atoms with Crippen LogP contribution < -0.4 is 9.47 Å². The minimum atomic E-state index is -0.688. The van der Waals surface area contributed by atoms with Crippen molar-refractivity contribution in [1.29, 1.82) is 0 Å². The lowest BCUT2D eigenvalue weighted by Crippen LogP contribution is -2.38. The Morgan fingerprint density at radius 1 is 1.00 bits per heavy atom. The van der Waals surface area contributed by atoms with Gasteiger partial charge in [-0.2, -0.15) is 0 Å². The van der Waals surface area contributed by atoms with Crippen molar-refractivity contribution >= 4 is 17.4 Å². The lowest BCUT2D eigenvalue weighted by molar-refractivity contribution is -0.140. The predicted octanol–water partition coefficient (Wildman–Crippen LogP) is 5.34. The molecule has 0 spiro atoms. The number of rotatable bonds is 13. The van der Waals surface area contributed by atoms with Gasteiger partial charge in [0.25, 0.3) is 11.7 Å². The Hall–Kier alpha value is -3.32. The molecule has 7 heteroatoms. The Bertz CT molecular complexity index is 1110. The van der Waals surface area contributed by atoms with Crippen LogP contribution in [0.4, 0.5) is 0 Å². The van der Waals surface area contributed by atoms with Gasteiger partial charge in [0.2, 0.25) is 0 Å². The molecule has 0 aromatic heterocycles. The molecule has 3 rings (SSSR count). The van der Waals surface area contributed by atoms with Gasteiger partial charge in [-0.3, -0.25) is 9.59 Å². The fraction of sp³-hybridized carbons (Fsp3) is 0.467. The number of carbonyl (C=O) groups excluding carboxylic acids is 2. The third-order valence-corrected chi connectivity index (χ3v) is 6.80. The summed E-state index contributed by atoms with van der Waals surface area (Å²) in [4.78, 5) is 30.3. The van der Waals surface area contributed by atoms with E-state index in [9.17, 15) is 14.7 Å². The van der Waals surface area contributed by atoms with Gasteiger partial charge in [0.15, 0.2) is 0 Å². The Morgan fingerprint density at radius 3 is 2.30 bits per heavy atom. The van der Waals surface area contributed by atoms with Gasteiger partial charge in [0.1, 0.15) is 17.3 Å². The van der Waals surface area contributed by atoms with Crippen LogP contribution in [0, 0.1) is 6.92 Å². The summed E-state index contributed by atoms with van der Waals surface area (Å²) in [5.74, 6) is 0.0137. The quantitative estimate of drug-likeness (QED) is 0.170. The molecule has 1 saturated heterocycles. The highest BCUT2D eigenvalue weighted by atomic mass is 16.5. The molecule has 1 amide bonds. The molecule has 200 valence electrons. The molecule has 1 aliphatic rings. The third kappa shape index (κ3) is 6.52. The van der Waals surface area contributed by atoms with E-state index in [1.165, 1.54) is 0 Å². The van der Waals surface area contributed by atoms with Gasteiger partial charge < -0.3 is 24.4 Å². The number of aliphatic hydroxyl groups excluding tert-OH is 1. The molecule has 1 atom stereocenters. The average Bonchev–Trinajstić information content (AvgIpc) is 3.15. The first kappa shape index (κ1) is 28.3. The maximum absolute atomic E-state index is 13.3. The molecule has 1 heterocycles. The molecule has 2 aromatic rings. The number of unbranched alkanes of at least 4 members (excludes halogenated alkanes) is 1. The predicted molar refractivity (Wildman–Crippen MR) is 146 cm³/mol. The average molecular weight is 509 g/mol. The van der Waals surface area contributed by atoms with Crippen LogP contribution in [0.1, 0.15) is 63.3 Å². The number of amides is 1. The van der Waals surface area contributed by atoms with Crippen LogP contribution in [-0.2, 0) is 9.59 Å². The van der Waals surface area contributed by atoms with E-state index in [-0.39, 0.29) is 11.3 Å². The number of aryl methyl sites for hydroxylation is 1. The standard InChI is InChI=1S/C30H40N2O5/c1-6-10-19-37-25-16-13-23(20-21(25)5)28(33)26-27(22-11-14-24(15-12-22)36-9-4)32(30(35)29(26)34)18-17-31(7-2)8-3/h11-16,20,27,33H,6-10,17-19H2,1-5H3/t27-/m1/s1. The highest BCUT2D eigenvalue weighted by molar-refractivity contribution is 6.46. The van der Waals surface area contributed by atoms with Crippen LogP contribution in [0.15, 0.2) is 48.0 Å². The highest BCUT2D eigenvalue weighted by Gasteiger charge is 2.46. The number of likely N-dealkylation sites (N-methyl/N-ethyl adjacent to an activating group) is 1. The molecular formula is C30H40N2O5. The second-order valence-electron chi connectivity index (χ2n) is 9.20. The van der Waals surface area contributed by atoms with Gasteiger partial charge in [-0.05, 0) is 74.8 Å². The zero-order valence-corrected chi connectivity index (χ0v) is 22.8. The Labute approximate surface area is 220 Å². The molecule has 0 unspecified atom stereocenters. The van der Waals surface area contributed by atoms with Gasteiger partial charge >= 0.3 is 0 Å². The number of hydrogen-bond donors (Lipinski definition) is 1. The SMILES string of the molecule is CCCCOc1ccc(C(O)=C2C(=O)C(=O)N(CCN(CC)CC)[C@@H]2c2ccc(OCC)cc2)cc1C. The van der Waals surface area contributed by atoms with E-state index in [4.69, 9.17) is 9.47 Å². The third-order valence-electron chi connectivity index (χ3n) is 6.80. The van der Waals surface area contributed by atoms with Crippen LogP contribution in [-0.4, -0.2) is 66.0 Å². The number of aliphatic hydroxyl groups is 1. The van der Waals surface area contributed by atoms with Crippen molar-refractivity contribution in [3.8, 4) is 11.5 Å². The van der Waals surface area contributed by atoms with E-state index in [1.807, 2.05) is 44.2 Å². The van der Waals surface area contributed by atoms with E-state index < -0.39 is 17.7 Å². The van der Waals surface area contributed by atoms with Gasteiger partial charge in [0.05, 0.1) is 24.8 Å². The summed E-state index contributed by atoms with van der Waals surface area (Å²) in [6.45, 7) is 13.9. The summed E-state index contributed by atoms with van der Waals surface area (Å²) in [7, 11) is 0. The number of nitrogens with zero attached hydrogens (tertiary/aromatic N) is 2. The van der Waals surface area contributed by atoms with E-state index in [1.54, 1.807) is 17.0 Å². The molecule has 0 aliphatic carbocycles. The smallest absolute Gasteiger partial charge is 0.295 e. The summed E-state index contributed by atoms with van der Waals surface area (Å²) in [6.07, 6.45) is 2.00. The van der Waals surface area contributed by atoms with Crippen molar-refractivity contribution in [3.63, 3.8) is 0 Å². The molecule has 1 aliphatic heterocycles. The number of likely N-dealkylation sites (tertiary alicyclic amines) is 1. The fourth-order valence-electron chi connectivity index (χ4n) is 4.60. The molecule has 1 fully saturated rings. The first-order valence-electron chi connectivity index (χ1n) is 13.3. The number of ketones is 1. The highest BCUT2D eigenvalue weighted by Crippen LogP contribution is 2.40. The lowest BCUT2D eigenvalue weighted by atomic mass is 9.94. The minimum absolute atomic E-state index is 0.104. The summed E-state index contributed by atoms with van der Waals surface area (Å²) in [5.41, 5.74) is 2.19. The maximum atomic E-state index is 13.3. The van der Waals surface area contributed by atoms with Crippen molar-refractivity contribution in [1.82, 2.24) is 9.80 Å². The van der Waals surface area contributed by atoms with E-state index in [0.717, 1.165) is 42.8 Å². The van der Waals surface area contributed by atoms with Gasteiger partial charge in [-0.15, -0.1) is 0 Å². The molecule has 1 N–H and O–H groups in total. The second-order valence-corrected chi connectivity index (χ2v) is 9.20. The Kier molecular flexibility index (Phi) is 10.1. The van der Waals surface area contributed by atoms with E-state index in [2.05, 4.69) is 25.7 Å². The van der Waals surface area contributed by atoms with Crippen molar-refractivity contribution in [3.05, 3.63) is 64.7 Å². The molecule has 0 bridgehead atoms. The maximum Gasteiger partial charge on any atom is 0.295 e. The minimum Gasteiger partial charge on any atom is -0.507 e. The van der Waals surface area contributed by atoms with Crippen molar-refractivity contribution in [2.75, 3.05) is 39.4 Å². The Balaban J connectivity index is 2.03. The molecular weight excluding hydrogens is 468 g/mol. The monoisotopic (exact) mass is 508 g/mol. The van der Waals surface area contributed by atoms with Crippen LogP contribution in [0.3, 0.4) is 0 Å². The normalized spacial score (nSPS) is 17.0. The molecule has 2 aromatic carbocycles. The molecule has 0 radical (unpaired) electrons. The second kappa shape index (κ2) is 13.3. The van der Waals surface area contributed by atoms with Crippen molar-refractivity contribution < 1.29 is 24.2 Å². The van der Waals surface area contributed by atoms with Crippen LogP contribution in [0.5, 0.6) is 11.5 Å². The number of ether oxygens (including phenoxy) is 2. The summed E-state index contributed by atoms with van der Waals surface area (Å²) < 4.78 is 11.4. The first-order chi connectivity index (χ1) is 17.9. The zero-order chi connectivity index (χ0) is 26.9. The van der Waals surface area contributed by atoms with Gasteiger partial charge in [-0.25, -0.2) is 0 Å². The number of benzene rings is 2. The van der Waals surface area contributed by atoms with E-state index >= 15 is 0 Å². The lowest BCUT2D eigenvalue weighted by Gasteiger charge is -2.28. The fourth-order valence-corrected chi connectivity index (χ4v) is 4.60. The largest absolute Gasteiger partial charge is 0.507 e. The summed E-state index contributed by atoms with van der Waals surface area (Å²) in [6, 6.07) is 12.0.